The summed E-state index contributed by atoms with van der Waals surface area (Å²) in [5.41, 5.74) is 3.01. The molecule has 37 heavy (non-hydrogen) atoms. The highest BCUT2D eigenvalue weighted by molar-refractivity contribution is 6.17. The van der Waals surface area contributed by atoms with Crippen molar-refractivity contribution in [2.75, 3.05) is 13.2 Å². The van der Waals surface area contributed by atoms with Gasteiger partial charge in [-0.05, 0) is 56.5 Å². The molecule has 0 atom stereocenters. The number of carbonyl (C=O) groups is 1. The minimum absolute atomic E-state index is 0.172. The number of pyridine rings is 1. The first kappa shape index (κ1) is 22.8. The van der Waals surface area contributed by atoms with Crippen LogP contribution in [-0.2, 0) is 9.53 Å². The highest BCUT2D eigenvalue weighted by Crippen LogP contribution is 2.35. The van der Waals surface area contributed by atoms with Crippen LogP contribution in [0.2, 0.25) is 0 Å². The number of hydrogen-bond acceptors (Lipinski definition) is 6. The van der Waals surface area contributed by atoms with Crippen LogP contribution < -0.4 is 16.0 Å². The molecule has 3 aromatic carbocycles. The third-order valence-electron chi connectivity index (χ3n) is 6.59. The Hall–Kier alpha value is -4.66. The van der Waals surface area contributed by atoms with Crippen LogP contribution in [0.1, 0.15) is 26.2 Å². The van der Waals surface area contributed by atoms with Crippen LogP contribution in [0.15, 0.2) is 64.2 Å². The van der Waals surface area contributed by atoms with Gasteiger partial charge in [0.2, 0.25) is 0 Å². The molecule has 6 rings (SSSR count). The molecule has 2 N–H and O–H groups in total. The minimum Gasteiger partial charge on any atom is -0.493 e. The number of nitrogens with zero attached hydrogens (tertiary/aromatic N) is 2. The standard InChI is InChI=1S/C28H24N4O5/c1-15(2)27(34)37-12-5-3-4-11-36-23-10-9-17-24-16(23)7-6-8-18(24)26(33)32-22-14-20-19(30-28(35)31-20)13-21(22)29-25(17)32/h6-10,13-14H,1,3-5,11-12H2,2H3,(H2,30,31,35). The summed E-state index contributed by atoms with van der Waals surface area (Å²) in [6.45, 7) is 6.07. The molecule has 0 saturated carbocycles. The number of ether oxygens (including phenoxy) is 2. The lowest BCUT2D eigenvalue weighted by atomic mass is 10.0. The number of H-pyrrole nitrogens is 2. The summed E-state index contributed by atoms with van der Waals surface area (Å²) < 4.78 is 12.8. The molecule has 3 heterocycles. The average Bonchev–Trinajstić information content (AvgIpc) is 3.43. The molecule has 9 heteroatoms. The van der Waals surface area contributed by atoms with E-state index in [4.69, 9.17) is 14.5 Å². The summed E-state index contributed by atoms with van der Waals surface area (Å²) in [6, 6.07) is 13.0. The van der Waals surface area contributed by atoms with E-state index in [0.717, 1.165) is 35.4 Å². The molecule has 186 valence electrons. The Balaban J connectivity index is 1.32. The van der Waals surface area contributed by atoms with Crippen molar-refractivity contribution < 1.29 is 14.3 Å². The van der Waals surface area contributed by atoms with E-state index in [1.165, 1.54) is 0 Å². The third-order valence-corrected chi connectivity index (χ3v) is 6.59. The second-order valence-electron chi connectivity index (χ2n) is 9.21. The largest absolute Gasteiger partial charge is 0.493 e. The molecule has 0 aliphatic rings. The quantitative estimate of drug-likeness (QED) is 0.183. The molecule has 0 aliphatic carbocycles. The number of imidazole rings is 2. The van der Waals surface area contributed by atoms with Crippen molar-refractivity contribution in [1.82, 2.24) is 19.4 Å². The van der Waals surface area contributed by atoms with Gasteiger partial charge in [-0.1, -0.05) is 18.7 Å². The molecule has 9 nitrogen and oxygen atoms in total. The van der Waals surface area contributed by atoms with Crippen molar-refractivity contribution in [3.8, 4) is 5.75 Å². The van der Waals surface area contributed by atoms with Crippen LogP contribution in [0, 0.1) is 0 Å². The summed E-state index contributed by atoms with van der Waals surface area (Å²) in [6.07, 6.45) is 2.41. The smallest absolute Gasteiger partial charge is 0.333 e. The predicted molar refractivity (Wildman–Crippen MR) is 143 cm³/mol. The molecule has 6 aromatic rings. The van der Waals surface area contributed by atoms with Crippen LogP contribution in [0.5, 0.6) is 5.75 Å². The van der Waals surface area contributed by atoms with Crippen molar-refractivity contribution in [3.63, 3.8) is 0 Å². The molecule has 0 fully saturated rings. The monoisotopic (exact) mass is 496 g/mol. The fourth-order valence-electron chi connectivity index (χ4n) is 4.83. The van der Waals surface area contributed by atoms with E-state index in [-0.39, 0.29) is 17.2 Å². The lowest BCUT2D eigenvalue weighted by Crippen LogP contribution is -2.13. The first-order valence-corrected chi connectivity index (χ1v) is 12.1. The van der Waals surface area contributed by atoms with Crippen molar-refractivity contribution in [2.45, 2.75) is 26.2 Å². The first-order valence-electron chi connectivity index (χ1n) is 12.1. The van der Waals surface area contributed by atoms with Gasteiger partial charge in [0.15, 0.2) is 0 Å². The molecule has 0 radical (unpaired) electrons. The summed E-state index contributed by atoms with van der Waals surface area (Å²) in [5, 5.41) is 3.10. The summed E-state index contributed by atoms with van der Waals surface area (Å²) >= 11 is 0. The van der Waals surface area contributed by atoms with Gasteiger partial charge in [0, 0.05) is 27.1 Å². The maximum Gasteiger partial charge on any atom is 0.333 e. The van der Waals surface area contributed by atoms with Gasteiger partial charge in [-0.25, -0.2) is 14.6 Å². The van der Waals surface area contributed by atoms with Crippen LogP contribution >= 0.6 is 0 Å². The highest BCUT2D eigenvalue weighted by atomic mass is 16.5. The fraction of sp³-hybridized carbons (Fsp3) is 0.214. The first-order chi connectivity index (χ1) is 17.9. The van der Waals surface area contributed by atoms with Crippen molar-refractivity contribution in [1.29, 1.82) is 0 Å². The molecular weight excluding hydrogens is 472 g/mol. The van der Waals surface area contributed by atoms with Crippen molar-refractivity contribution >= 4 is 55.2 Å². The number of benzene rings is 3. The Labute approximate surface area is 209 Å². The Morgan fingerprint density at radius 2 is 1.73 bits per heavy atom. The Kier molecular flexibility index (Phi) is 5.40. The van der Waals surface area contributed by atoms with Gasteiger partial charge < -0.3 is 19.4 Å². The van der Waals surface area contributed by atoms with Gasteiger partial charge in [0.25, 0.3) is 5.56 Å². The number of nitrogens with one attached hydrogen (secondary N) is 2. The van der Waals surface area contributed by atoms with E-state index < -0.39 is 0 Å². The minimum atomic E-state index is -0.365. The van der Waals surface area contributed by atoms with Gasteiger partial charge in [0.1, 0.15) is 11.4 Å². The number of fused-ring (bicyclic) bond motifs is 5. The van der Waals surface area contributed by atoms with Gasteiger partial charge >= 0.3 is 11.7 Å². The van der Waals surface area contributed by atoms with Crippen molar-refractivity contribution in [3.05, 3.63) is 75.5 Å². The van der Waals surface area contributed by atoms with Gasteiger partial charge in [-0.3, -0.25) is 9.20 Å². The number of aromatic amines is 2. The van der Waals surface area contributed by atoms with Crippen LogP contribution in [0.4, 0.5) is 0 Å². The number of aromatic nitrogens is 4. The number of rotatable bonds is 8. The second kappa shape index (κ2) is 8.77. The summed E-state index contributed by atoms with van der Waals surface area (Å²) in [5.74, 6) is 0.341. The third kappa shape index (κ3) is 3.79. The number of hydrogen-bond donors (Lipinski definition) is 2. The van der Waals surface area contributed by atoms with Gasteiger partial charge in [-0.15, -0.1) is 0 Å². The van der Waals surface area contributed by atoms with E-state index in [1.807, 2.05) is 30.3 Å². The lowest BCUT2D eigenvalue weighted by molar-refractivity contribution is -0.139. The number of unbranched alkanes of at least 4 members (excludes halogenated alkanes) is 2. The molecule has 0 unspecified atom stereocenters. The molecular formula is C28H24N4O5. The number of esters is 1. The van der Waals surface area contributed by atoms with Crippen LogP contribution in [0.3, 0.4) is 0 Å². The van der Waals surface area contributed by atoms with Crippen molar-refractivity contribution in [2.24, 2.45) is 0 Å². The molecule has 0 amide bonds. The normalized spacial score (nSPS) is 11.8. The topological polar surface area (TPSA) is 119 Å². The van der Waals surface area contributed by atoms with Gasteiger partial charge in [-0.2, -0.15) is 0 Å². The van der Waals surface area contributed by atoms with Crippen LogP contribution in [-0.4, -0.2) is 38.5 Å². The van der Waals surface area contributed by atoms with E-state index in [9.17, 15) is 14.4 Å². The van der Waals surface area contributed by atoms with Gasteiger partial charge in [0.05, 0.1) is 35.3 Å². The summed E-state index contributed by atoms with van der Waals surface area (Å²) in [4.78, 5) is 47.0. The molecule has 0 aliphatic heterocycles. The predicted octanol–water partition coefficient (Wildman–Crippen LogP) is 4.43. The lowest BCUT2D eigenvalue weighted by Gasteiger charge is -2.13. The van der Waals surface area contributed by atoms with E-state index >= 15 is 0 Å². The highest BCUT2D eigenvalue weighted by Gasteiger charge is 2.18. The Morgan fingerprint density at radius 1 is 0.973 bits per heavy atom. The zero-order chi connectivity index (χ0) is 25.7. The van der Waals surface area contributed by atoms with E-state index in [1.54, 1.807) is 23.5 Å². The fourth-order valence-corrected chi connectivity index (χ4v) is 4.83. The average molecular weight is 497 g/mol. The Morgan fingerprint density at radius 3 is 2.54 bits per heavy atom. The zero-order valence-corrected chi connectivity index (χ0v) is 20.2. The number of carbonyl (C=O) groups excluding carboxylic acids is 1. The molecule has 0 bridgehead atoms. The molecule has 3 aromatic heterocycles. The van der Waals surface area contributed by atoms with E-state index in [0.29, 0.717) is 57.6 Å². The molecule has 0 spiro atoms. The Bertz CT molecular complexity index is 1960. The zero-order valence-electron chi connectivity index (χ0n) is 20.2. The maximum absolute atomic E-state index is 13.6. The van der Waals surface area contributed by atoms with Crippen LogP contribution in [0.25, 0.3) is 49.3 Å². The SMILES string of the molecule is C=C(C)C(=O)OCCCCCOc1ccc2c3c1cccc3c(=O)n1c3cc4[nH]c(=O)[nH]c4cc3nc21. The maximum atomic E-state index is 13.6. The second-order valence-corrected chi connectivity index (χ2v) is 9.21. The summed E-state index contributed by atoms with van der Waals surface area (Å²) in [7, 11) is 0. The molecule has 0 saturated heterocycles. The van der Waals surface area contributed by atoms with E-state index in [2.05, 4.69) is 16.5 Å².